The summed E-state index contributed by atoms with van der Waals surface area (Å²) in [4.78, 5) is 14.7. The van der Waals surface area contributed by atoms with Crippen LogP contribution in [0, 0.1) is 19.7 Å². The van der Waals surface area contributed by atoms with E-state index in [0.29, 0.717) is 9.23 Å². The average molecular weight is 439 g/mol. The van der Waals surface area contributed by atoms with Crippen LogP contribution in [0.3, 0.4) is 0 Å². The molecule has 2 heterocycles. The second kappa shape index (κ2) is 8.08. The highest BCUT2D eigenvalue weighted by Crippen LogP contribution is 2.38. The number of carbonyl (C=O) groups excluding carboxylic acids is 1. The van der Waals surface area contributed by atoms with Crippen molar-refractivity contribution in [2.45, 2.75) is 13.8 Å². The van der Waals surface area contributed by atoms with E-state index in [-0.39, 0.29) is 11.6 Å². The number of hydrogen-bond acceptors (Lipinski definition) is 4. The van der Waals surface area contributed by atoms with E-state index in [0.717, 1.165) is 28.4 Å². The van der Waals surface area contributed by atoms with Gasteiger partial charge in [-0.25, -0.2) is 4.39 Å². The number of hydrogen-bond donors (Lipinski definition) is 0. The van der Waals surface area contributed by atoms with Gasteiger partial charge in [0.2, 0.25) is 0 Å². The Balaban J connectivity index is 1.74. The number of thioether (sulfide) groups is 1. The molecule has 1 fully saturated rings. The van der Waals surface area contributed by atoms with Gasteiger partial charge < -0.3 is 9.30 Å². The summed E-state index contributed by atoms with van der Waals surface area (Å²) in [7, 11) is 1.64. The van der Waals surface area contributed by atoms with Crippen LogP contribution in [0.2, 0.25) is 0 Å². The van der Waals surface area contributed by atoms with Crippen molar-refractivity contribution in [1.82, 2.24) is 4.57 Å². The lowest BCUT2D eigenvalue weighted by Gasteiger charge is -2.15. The Morgan fingerprint density at radius 3 is 2.43 bits per heavy atom. The lowest BCUT2D eigenvalue weighted by Crippen LogP contribution is -2.28. The van der Waals surface area contributed by atoms with Crippen molar-refractivity contribution in [3.63, 3.8) is 0 Å². The summed E-state index contributed by atoms with van der Waals surface area (Å²) in [6, 6.07) is 15.9. The van der Waals surface area contributed by atoms with Crippen molar-refractivity contribution >= 4 is 46.0 Å². The van der Waals surface area contributed by atoms with E-state index in [4.69, 9.17) is 17.0 Å². The molecule has 0 atom stereocenters. The van der Waals surface area contributed by atoms with Crippen LogP contribution in [0.1, 0.15) is 17.0 Å². The van der Waals surface area contributed by atoms with Gasteiger partial charge in [-0.05, 0) is 55.8 Å². The number of para-hydroxylation sites is 3. The molecule has 30 heavy (non-hydrogen) atoms. The molecule has 1 amide bonds. The molecule has 152 valence electrons. The van der Waals surface area contributed by atoms with E-state index < -0.39 is 5.82 Å². The first kappa shape index (κ1) is 20.4. The third-order valence-electron chi connectivity index (χ3n) is 4.97. The van der Waals surface area contributed by atoms with Gasteiger partial charge in [0, 0.05) is 11.4 Å². The maximum absolute atomic E-state index is 14.2. The van der Waals surface area contributed by atoms with Crippen molar-refractivity contribution in [1.29, 1.82) is 0 Å². The lowest BCUT2D eigenvalue weighted by molar-refractivity contribution is -0.113. The zero-order chi connectivity index (χ0) is 21.4. The van der Waals surface area contributed by atoms with Crippen LogP contribution in [-0.4, -0.2) is 21.9 Å². The number of anilines is 1. The third kappa shape index (κ3) is 3.44. The lowest BCUT2D eigenvalue weighted by atomic mass is 10.2. The number of benzene rings is 2. The molecule has 1 aromatic heterocycles. The van der Waals surface area contributed by atoms with Crippen LogP contribution in [-0.2, 0) is 4.79 Å². The van der Waals surface area contributed by atoms with E-state index in [1.807, 2.05) is 50.3 Å². The number of halogens is 1. The number of aromatic nitrogens is 1. The van der Waals surface area contributed by atoms with Crippen LogP contribution < -0.4 is 9.64 Å². The zero-order valence-electron chi connectivity index (χ0n) is 16.7. The fourth-order valence-electron chi connectivity index (χ4n) is 3.57. The molecule has 0 radical (unpaired) electrons. The molecule has 1 aliphatic rings. The van der Waals surface area contributed by atoms with E-state index in [1.54, 1.807) is 25.3 Å². The Kier molecular flexibility index (Phi) is 5.49. The van der Waals surface area contributed by atoms with E-state index in [9.17, 15) is 9.18 Å². The smallest absolute Gasteiger partial charge is 0.270 e. The summed E-state index contributed by atoms with van der Waals surface area (Å²) in [6.45, 7) is 3.99. The van der Waals surface area contributed by atoms with E-state index in [2.05, 4.69) is 4.57 Å². The van der Waals surface area contributed by atoms with Crippen LogP contribution in [0.4, 0.5) is 10.1 Å². The van der Waals surface area contributed by atoms with Crippen molar-refractivity contribution < 1.29 is 13.9 Å². The molecule has 0 bridgehead atoms. The fraction of sp³-hybridized carbons (Fsp3) is 0.130. The maximum Gasteiger partial charge on any atom is 0.270 e. The van der Waals surface area contributed by atoms with Crippen molar-refractivity contribution in [3.8, 4) is 11.4 Å². The van der Waals surface area contributed by atoms with Crippen molar-refractivity contribution in [3.05, 3.63) is 82.3 Å². The predicted octanol–water partition coefficient (Wildman–Crippen LogP) is 5.65. The highest BCUT2D eigenvalue weighted by Gasteiger charge is 2.35. The Bertz CT molecular complexity index is 1200. The summed E-state index contributed by atoms with van der Waals surface area (Å²) in [5, 5.41) is 0. The minimum absolute atomic E-state index is 0.169. The number of methoxy groups -OCH3 is 1. The number of ether oxygens (including phenoxy) is 1. The van der Waals surface area contributed by atoms with Crippen LogP contribution >= 0.6 is 24.0 Å². The first-order chi connectivity index (χ1) is 14.4. The quantitative estimate of drug-likeness (QED) is 0.390. The zero-order valence-corrected chi connectivity index (χ0v) is 18.3. The standard InChI is InChI=1S/C23H19FN2O2S2/c1-14-12-16(15(2)25(14)19-10-6-7-11-20(19)28-3)13-21-22(27)26(23(29)30-21)18-9-5-4-8-17(18)24/h4-13H,1-3H3. The number of rotatable bonds is 4. The molecule has 1 saturated heterocycles. The van der Waals surface area contributed by atoms with Gasteiger partial charge in [-0.2, -0.15) is 0 Å². The van der Waals surface area contributed by atoms with Gasteiger partial charge in [-0.3, -0.25) is 9.69 Å². The number of carbonyl (C=O) groups is 1. The number of thiocarbonyl (C=S) groups is 1. The molecule has 3 aromatic rings. The number of aryl methyl sites for hydroxylation is 1. The Labute approximate surface area is 184 Å². The topological polar surface area (TPSA) is 34.5 Å². The van der Waals surface area contributed by atoms with Gasteiger partial charge in [0.25, 0.3) is 5.91 Å². The summed E-state index contributed by atoms with van der Waals surface area (Å²) >= 11 is 6.54. The molecule has 0 N–H and O–H groups in total. The molecule has 7 heteroatoms. The normalized spacial score (nSPS) is 15.3. The first-order valence-corrected chi connectivity index (χ1v) is 10.5. The molecule has 2 aromatic carbocycles. The highest BCUT2D eigenvalue weighted by molar-refractivity contribution is 8.27. The summed E-state index contributed by atoms with van der Waals surface area (Å²) in [5.74, 6) is -0.0432. The van der Waals surface area contributed by atoms with Gasteiger partial charge in [0.15, 0.2) is 4.32 Å². The average Bonchev–Trinajstić information content (AvgIpc) is 3.17. The SMILES string of the molecule is COc1ccccc1-n1c(C)cc(C=C2SC(=S)N(c3ccccc3F)C2=O)c1C. The van der Waals surface area contributed by atoms with E-state index >= 15 is 0 Å². The third-order valence-corrected chi connectivity index (χ3v) is 6.27. The molecule has 0 unspecified atom stereocenters. The van der Waals surface area contributed by atoms with Gasteiger partial charge in [-0.15, -0.1) is 0 Å². The summed E-state index contributed by atoms with van der Waals surface area (Å²) < 4.78 is 22.1. The molecule has 0 aliphatic carbocycles. The molecule has 4 nitrogen and oxygen atoms in total. The Hall–Kier alpha value is -2.90. The van der Waals surface area contributed by atoms with E-state index in [1.165, 1.54) is 22.7 Å². The maximum atomic E-state index is 14.2. The van der Waals surface area contributed by atoms with Gasteiger partial charge >= 0.3 is 0 Å². The fourth-order valence-corrected chi connectivity index (χ4v) is 4.84. The summed E-state index contributed by atoms with van der Waals surface area (Å²) in [6.07, 6.45) is 1.81. The number of nitrogens with zero attached hydrogens (tertiary/aromatic N) is 2. The molecule has 4 rings (SSSR count). The first-order valence-electron chi connectivity index (χ1n) is 9.27. The Morgan fingerprint density at radius 1 is 1.07 bits per heavy atom. The highest BCUT2D eigenvalue weighted by atomic mass is 32.2. The molecular formula is C23H19FN2O2S2. The minimum atomic E-state index is -0.482. The van der Waals surface area contributed by atoms with Crippen LogP contribution in [0.25, 0.3) is 11.8 Å². The summed E-state index contributed by atoms with van der Waals surface area (Å²) in [5.41, 5.74) is 3.96. The second-order valence-electron chi connectivity index (χ2n) is 6.80. The monoisotopic (exact) mass is 438 g/mol. The molecule has 1 aliphatic heterocycles. The van der Waals surface area contributed by atoms with Crippen molar-refractivity contribution in [2.75, 3.05) is 12.0 Å². The second-order valence-corrected chi connectivity index (χ2v) is 8.48. The molecular weight excluding hydrogens is 419 g/mol. The largest absolute Gasteiger partial charge is 0.495 e. The van der Waals surface area contributed by atoms with Crippen molar-refractivity contribution in [2.24, 2.45) is 0 Å². The van der Waals surface area contributed by atoms with Gasteiger partial charge in [0.05, 0.1) is 23.4 Å². The van der Waals surface area contributed by atoms with Crippen LogP contribution in [0.5, 0.6) is 5.75 Å². The van der Waals surface area contributed by atoms with Crippen LogP contribution in [0.15, 0.2) is 59.5 Å². The molecule has 0 saturated carbocycles. The predicted molar refractivity (Wildman–Crippen MR) is 124 cm³/mol. The Morgan fingerprint density at radius 2 is 1.73 bits per heavy atom. The van der Waals surface area contributed by atoms with Gasteiger partial charge in [0.1, 0.15) is 11.6 Å². The minimum Gasteiger partial charge on any atom is -0.495 e. The van der Waals surface area contributed by atoms with Gasteiger partial charge in [-0.1, -0.05) is 48.2 Å². The number of amides is 1. The molecule has 0 spiro atoms.